The van der Waals surface area contributed by atoms with Crippen LogP contribution in [0.5, 0.6) is 5.75 Å². The second-order valence-electron chi connectivity index (χ2n) is 9.16. The van der Waals surface area contributed by atoms with Gasteiger partial charge in [-0.25, -0.2) is 0 Å². The Bertz CT molecular complexity index is 1170. The Balaban J connectivity index is 1.93. The molecule has 0 spiro atoms. The minimum atomic E-state index is -0.685. The van der Waals surface area contributed by atoms with Gasteiger partial charge in [0.05, 0.1) is 0 Å². The summed E-state index contributed by atoms with van der Waals surface area (Å²) in [5.41, 5.74) is 4.02. The van der Waals surface area contributed by atoms with E-state index in [2.05, 4.69) is 21.2 Å². The lowest BCUT2D eigenvalue weighted by atomic mass is 10.0. The summed E-state index contributed by atoms with van der Waals surface area (Å²) < 4.78 is 6.89. The minimum Gasteiger partial charge on any atom is -0.483 e. The summed E-state index contributed by atoms with van der Waals surface area (Å²) in [6.07, 6.45) is 1.21. The van der Waals surface area contributed by atoms with Gasteiger partial charge in [0.25, 0.3) is 5.91 Å². The molecule has 0 fully saturated rings. The lowest BCUT2D eigenvalue weighted by Gasteiger charge is -2.32. The van der Waals surface area contributed by atoms with Gasteiger partial charge in [-0.2, -0.15) is 0 Å². The van der Waals surface area contributed by atoms with E-state index in [9.17, 15) is 9.59 Å². The number of hydrogen-bond donors (Lipinski definition) is 1. The summed E-state index contributed by atoms with van der Waals surface area (Å²) in [7, 11) is 0. The predicted molar refractivity (Wildman–Crippen MR) is 148 cm³/mol. The van der Waals surface area contributed by atoms with E-state index in [1.165, 1.54) is 0 Å². The van der Waals surface area contributed by atoms with Crippen LogP contribution < -0.4 is 10.1 Å². The Morgan fingerprint density at radius 3 is 2.36 bits per heavy atom. The van der Waals surface area contributed by atoms with E-state index >= 15 is 0 Å². The number of rotatable bonds is 11. The zero-order chi connectivity index (χ0) is 26.1. The Morgan fingerprint density at radius 1 is 0.972 bits per heavy atom. The van der Waals surface area contributed by atoms with Gasteiger partial charge in [0, 0.05) is 23.5 Å². The fraction of sp³-hybridized carbons (Fsp3) is 0.333. The molecule has 190 valence electrons. The first-order valence-corrected chi connectivity index (χ1v) is 13.1. The van der Waals surface area contributed by atoms with Crippen LogP contribution in [0, 0.1) is 13.8 Å². The largest absolute Gasteiger partial charge is 0.483 e. The monoisotopic (exact) mass is 550 g/mol. The van der Waals surface area contributed by atoms with Gasteiger partial charge >= 0.3 is 0 Å². The molecule has 0 aliphatic rings. The minimum absolute atomic E-state index is 0.00443. The van der Waals surface area contributed by atoms with E-state index in [0.29, 0.717) is 18.7 Å². The molecule has 0 unspecified atom stereocenters. The van der Waals surface area contributed by atoms with E-state index in [4.69, 9.17) is 4.74 Å². The number of nitrogens with zero attached hydrogens (tertiary/aromatic N) is 1. The van der Waals surface area contributed by atoms with Crippen LogP contribution in [0.2, 0.25) is 0 Å². The fourth-order valence-corrected chi connectivity index (χ4v) is 4.38. The Hall–Kier alpha value is -3.12. The molecule has 2 amide bonds. The van der Waals surface area contributed by atoms with Gasteiger partial charge in [0.1, 0.15) is 11.8 Å². The predicted octanol–water partition coefficient (Wildman–Crippen LogP) is 6.00. The molecular formula is C30H35BrN2O3. The van der Waals surface area contributed by atoms with Crippen LogP contribution in [0.25, 0.3) is 0 Å². The zero-order valence-electron chi connectivity index (χ0n) is 21.5. The van der Waals surface area contributed by atoms with Gasteiger partial charge in [-0.15, -0.1) is 0 Å². The third-order valence-corrected chi connectivity index (χ3v) is 6.91. The molecule has 0 aromatic heterocycles. The molecule has 3 rings (SSSR count). The molecular weight excluding hydrogens is 516 g/mol. The van der Waals surface area contributed by atoms with E-state index < -0.39 is 6.04 Å². The SMILES string of the molecule is CC[C@@H](C)NC(=O)[C@@H](Cc1ccccc1)N(Cc1cccc(Br)c1)C(=O)COc1cccc(C)c1C. The summed E-state index contributed by atoms with van der Waals surface area (Å²) >= 11 is 3.52. The molecule has 2 atom stereocenters. The maximum atomic E-state index is 13.7. The molecule has 36 heavy (non-hydrogen) atoms. The number of carbonyl (C=O) groups excluding carboxylic acids is 2. The van der Waals surface area contributed by atoms with Crippen molar-refractivity contribution >= 4 is 27.7 Å². The number of ether oxygens (including phenoxy) is 1. The Morgan fingerprint density at radius 2 is 1.67 bits per heavy atom. The molecule has 0 aliphatic heterocycles. The maximum Gasteiger partial charge on any atom is 0.261 e. The average Bonchev–Trinajstić information content (AvgIpc) is 2.87. The van der Waals surface area contributed by atoms with Gasteiger partial charge in [-0.05, 0) is 67.6 Å². The summed E-state index contributed by atoms with van der Waals surface area (Å²) in [4.78, 5) is 28.9. The van der Waals surface area contributed by atoms with Crippen LogP contribution in [0.4, 0.5) is 0 Å². The summed E-state index contributed by atoms with van der Waals surface area (Å²) in [5.74, 6) is 0.272. The van der Waals surface area contributed by atoms with E-state index in [1.54, 1.807) is 4.90 Å². The van der Waals surface area contributed by atoms with Gasteiger partial charge in [-0.3, -0.25) is 9.59 Å². The van der Waals surface area contributed by atoms with E-state index in [0.717, 1.165) is 33.1 Å². The van der Waals surface area contributed by atoms with Crippen molar-refractivity contribution in [3.63, 3.8) is 0 Å². The van der Waals surface area contributed by atoms with E-state index in [-0.39, 0.29) is 24.5 Å². The first kappa shape index (κ1) is 27.5. The lowest BCUT2D eigenvalue weighted by molar-refractivity contribution is -0.143. The number of nitrogens with one attached hydrogen (secondary N) is 1. The smallest absolute Gasteiger partial charge is 0.261 e. The van der Waals surface area contributed by atoms with Crippen molar-refractivity contribution in [3.05, 3.63) is 99.5 Å². The molecule has 3 aromatic carbocycles. The lowest BCUT2D eigenvalue weighted by Crippen LogP contribution is -2.53. The first-order chi connectivity index (χ1) is 17.3. The Kier molecular flexibility index (Phi) is 10.1. The van der Waals surface area contributed by atoms with E-state index in [1.807, 2.05) is 100 Å². The number of hydrogen-bond acceptors (Lipinski definition) is 3. The normalized spacial score (nSPS) is 12.5. The number of aryl methyl sites for hydroxylation is 1. The third-order valence-electron chi connectivity index (χ3n) is 6.42. The topological polar surface area (TPSA) is 58.6 Å². The molecule has 1 N–H and O–H groups in total. The highest BCUT2D eigenvalue weighted by Crippen LogP contribution is 2.22. The molecule has 0 bridgehead atoms. The molecule has 6 heteroatoms. The van der Waals surface area contributed by atoms with Crippen molar-refractivity contribution in [1.29, 1.82) is 0 Å². The summed E-state index contributed by atoms with van der Waals surface area (Å²) in [5, 5.41) is 3.09. The van der Waals surface area contributed by atoms with Crippen molar-refractivity contribution in [2.24, 2.45) is 0 Å². The number of carbonyl (C=O) groups is 2. The van der Waals surface area contributed by atoms with Crippen LogP contribution in [0.1, 0.15) is 42.5 Å². The Labute approximate surface area is 223 Å². The van der Waals surface area contributed by atoms with Crippen molar-refractivity contribution in [1.82, 2.24) is 10.2 Å². The second-order valence-corrected chi connectivity index (χ2v) is 10.1. The molecule has 0 saturated heterocycles. The van der Waals surface area contributed by atoms with Crippen LogP contribution in [0.3, 0.4) is 0 Å². The average molecular weight is 552 g/mol. The van der Waals surface area contributed by atoms with Crippen LogP contribution in [-0.4, -0.2) is 35.4 Å². The summed E-state index contributed by atoms with van der Waals surface area (Å²) in [6, 6.07) is 22.7. The molecule has 0 radical (unpaired) electrons. The standard InChI is InChI=1S/C30H35BrN2O3/c1-5-22(3)32-30(35)27(18-24-12-7-6-8-13-24)33(19-25-14-10-15-26(31)17-25)29(34)20-36-28-16-9-11-21(2)23(28)4/h6-17,22,27H,5,18-20H2,1-4H3,(H,32,35)/t22-,27-/m1/s1. The third kappa shape index (κ3) is 7.69. The highest BCUT2D eigenvalue weighted by atomic mass is 79.9. The second kappa shape index (κ2) is 13.3. The highest BCUT2D eigenvalue weighted by molar-refractivity contribution is 9.10. The van der Waals surface area contributed by atoms with Gasteiger partial charge in [0.15, 0.2) is 6.61 Å². The molecule has 0 heterocycles. The fourth-order valence-electron chi connectivity index (χ4n) is 3.93. The van der Waals surface area contributed by atoms with Crippen LogP contribution >= 0.6 is 15.9 Å². The molecule has 3 aromatic rings. The molecule has 5 nitrogen and oxygen atoms in total. The number of benzene rings is 3. The molecule has 0 aliphatic carbocycles. The van der Waals surface area contributed by atoms with Gasteiger partial charge < -0.3 is 15.0 Å². The van der Waals surface area contributed by atoms with Gasteiger partial charge in [0.2, 0.25) is 5.91 Å². The molecule has 0 saturated carbocycles. The summed E-state index contributed by atoms with van der Waals surface area (Å²) in [6.45, 7) is 8.13. The first-order valence-electron chi connectivity index (χ1n) is 12.4. The highest BCUT2D eigenvalue weighted by Gasteiger charge is 2.31. The number of amides is 2. The number of halogens is 1. The quantitative estimate of drug-likeness (QED) is 0.318. The van der Waals surface area contributed by atoms with Crippen molar-refractivity contribution < 1.29 is 14.3 Å². The zero-order valence-corrected chi connectivity index (χ0v) is 23.0. The maximum absolute atomic E-state index is 13.7. The van der Waals surface area contributed by atoms with Gasteiger partial charge in [-0.1, -0.05) is 77.5 Å². The van der Waals surface area contributed by atoms with Crippen LogP contribution in [-0.2, 0) is 22.6 Å². The van der Waals surface area contributed by atoms with Crippen molar-refractivity contribution in [2.45, 2.75) is 59.2 Å². The van der Waals surface area contributed by atoms with Crippen LogP contribution in [0.15, 0.2) is 77.3 Å². The van der Waals surface area contributed by atoms with Crippen molar-refractivity contribution in [3.8, 4) is 5.75 Å². The van der Waals surface area contributed by atoms with Crippen molar-refractivity contribution in [2.75, 3.05) is 6.61 Å².